The average Bonchev–Trinajstić information content (AvgIpc) is 3.15. The Labute approximate surface area is 139 Å². The predicted molar refractivity (Wildman–Crippen MR) is 80.0 cm³/mol. The first-order chi connectivity index (χ1) is 11.4. The minimum absolute atomic E-state index is 0.0448. The number of carboxylic acid groups (broad SMARTS) is 1. The molecule has 5 atom stereocenters. The van der Waals surface area contributed by atoms with Crippen LogP contribution in [0.1, 0.15) is 13.3 Å². The maximum absolute atomic E-state index is 12.7. The lowest BCUT2D eigenvalue weighted by Gasteiger charge is -2.26. The molecule has 2 saturated heterocycles. The van der Waals surface area contributed by atoms with Gasteiger partial charge in [-0.3, -0.25) is 14.4 Å². The summed E-state index contributed by atoms with van der Waals surface area (Å²) in [6, 6.07) is -0.391. The van der Waals surface area contributed by atoms with E-state index in [1.807, 2.05) is 0 Å². The van der Waals surface area contributed by atoms with Crippen molar-refractivity contribution in [2.24, 2.45) is 11.8 Å². The molecule has 8 heteroatoms. The minimum atomic E-state index is -1.03. The van der Waals surface area contributed by atoms with Crippen molar-refractivity contribution in [3.8, 4) is 0 Å². The van der Waals surface area contributed by atoms with Crippen molar-refractivity contribution in [1.29, 1.82) is 0 Å². The molecular formula is C16H21NO7. The predicted octanol–water partition coefficient (Wildman–Crippen LogP) is -0.179. The number of fused-ring (bicyclic) bond motifs is 1. The lowest BCUT2D eigenvalue weighted by Crippen LogP contribution is -2.41. The van der Waals surface area contributed by atoms with Crippen LogP contribution in [0, 0.1) is 11.8 Å². The van der Waals surface area contributed by atoms with E-state index in [2.05, 4.69) is 0 Å². The molecule has 0 aromatic rings. The summed E-state index contributed by atoms with van der Waals surface area (Å²) in [6.45, 7) is 2.49. The van der Waals surface area contributed by atoms with E-state index in [9.17, 15) is 19.5 Å². The zero-order valence-electron chi connectivity index (χ0n) is 13.6. The molecule has 0 aromatic heterocycles. The number of nitrogens with zero attached hydrogens (tertiary/aromatic N) is 1. The molecule has 0 saturated carbocycles. The van der Waals surface area contributed by atoms with E-state index in [-0.39, 0.29) is 25.5 Å². The fourth-order valence-electron chi connectivity index (χ4n) is 3.83. The fourth-order valence-corrected chi connectivity index (χ4v) is 3.83. The summed E-state index contributed by atoms with van der Waals surface area (Å²) >= 11 is 0. The highest BCUT2D eigenvalue weighted by Crippen LogP contribution is 2.52. The molecule has 0 radical (unpaired) electrons. The highest BCUT2D eigenvalue weighted by Gasteiger charge is 2.67. The smallest absolute Gasteiger partial charge is 0.310 e. The van der Waals surface area contributed by atoms with E-state index in [0.29, 0.717) is 6.61 Å². The number of carbonyl (C=O) groups excluding carboxylic acids is 2. The monoisotopic (exact) mass is 339 g/mol. The summed E-state index contributed by atoms with van der Waals surface area (Å²) < 4.78 is 15.6. The molecular weight excluding hydrogens is 318 g/mol. The molecule has 2 fully saturated rings. The number of carboxylic acids is 1. The topological polar surface area (TPSA) is 102 Å². The number of methoxy groups -OCH3 is 1. The van der Waals surface area contributed by atoms with E-state index >= 15 is 0 Å². The highest BCUT2D eigenvalue weighted by atomic mass is 16.6. The zero-order chi connectivity index (χ0) is 17.5. The van der Waals surface area contributed by atoms with Gasteiger partial charge in [-0.1, -0.05) is 12.2 Å². The van der Waals surface area contributed by atoms with Crippen molar-refractivity contribution >= 4 is 17.8 Å². The number of likely N-dealkylation sites (tertiary alicyclic amines) is 1. The van der Waals surface area contributed by atoms with Crippen LogP contribution >= 0.6 is 0 Å². The van der Waals surface area contributed by atoms with E-state index < -0.39 is 41.5 Å². The third-order valence-corrected chi connectivity index (χ3v) is 4.96. The van der Waals surface area contributed by atoms with Gasteiger partial charge in [-0.2, -0.15) is 0 Å². The SMILES string of the molecule is COCCOC(=O)CC(C)N1CC23C=CC(O2)C(C(=O)O)C3C1=O. The first-order valence-electron chi connectivity index (χ1n) is 7.94. The Kier molecular flexibility index (Phi) is 4.35. The van der Waals surface area contributed by atoms with Gasteiger partial charge in [-0.25, -0.2) is 0 Å². The van der Waals surface area contributed by atoms with Gasteiger partial charge in [0, 0.05) is 13.2 Å². The number of ether oxygens (including phenoxy) is 3. The van der Waals surface area contributed by atoms with Crippen molar-refractivity contribution in [3.63, 3.8) is 0 Å². The number of esters is 1. The van der Waals surface area contributed by atoms with Gasteiger partial charge in [-0.05, 0) is 6.92 Å². The Morgan fingerprint density at radius 2 is 2.25 bits per heavy atom. The largest absolute Gasteiger partial charge is 0.481 e. The molecule has 0 aromatic carbocycles. The van der Waals surface area contributed by atoms with Gasteiger partial charge >= 0.3 is 11.9 Å². The van der Waals surface area contributed by atoms with Crippen molar-refractivity contribution in [2.45, 2.75) is 31.1 Å². The Balaban J connectivity index is 1.67. The Morgan fingerprint density at radius 1 is 1.50 bits per heavy atom. The highest BCUT2D eigenvalue weighted by molar-refractivity contribution is 5.91. The third-order valence-electron chi connectivity index (χ3n) is 4.96. The number of amides is 1. The molecule has 3 aliphatic rings. The molecule has 8 nitrogen and oxygen atoms in total. The number of carbonyl (C=O) groups is 3. The summed E-state index contributed by atoms with van der Waals surface area (Å²) in [4.78, 5) is 37.6. The quantitative estimate of drug-likeness (QED) is 0.390. The van der Waals surface area contributed by atoms with Gasteiger partial charge in [0.1, 0.15) is 18.1 Å². The average molecular weight is 339 g/mol. The summed E-state index contributed by atoms with van der Waals surface area (Å²) in [7, 11) is 1.51. The standard InChI is InChI=1S/C16H21NO7/c1-9(7-11(18)23-6-5-22-2)17-8-16-4-3-10(24-16)12(15(20)21)13(16)14(17)19/h3-4,9-10,12-13H,5-8H2,1-2H3,(H,20,21). The minimum Gasteiger partial charge on any atom is -0.481 e. The number of aliphatic carboxylic acids is 1. The Morgan fingerprint density at radius 3 is 2.92 bits per heavy atom. The summed E-state index contributed by atoms with van der Waals surface area (Å²) in [5.74, 6) is -3.31. The maximum atomic E-state index is 12.7. The van der Waals surface area contributed by atoms with E-state index in [1.54, 1.807) is 19.1 Å². The van der Waals surface area contributed by atoms with Gasteiger partial charge in [0.25, 0.3) is 0 Å². The van der Waals surface area contributed by atoms with Crippen LogP contribution in [0.5, 0.6) is 0 Å². The second-order valence-corrected chi connectivity index (χ2v) is 6.47. The van der Waals surface area contributed by atoms with Gasteiger partial charge in [0.05, 0.1) is 31.6 Å². The van der Waals surface area contributed by atoms with Crippen LogP contribution in [-0.4, -0.2) is 72.5 Å². The van der Waals surface area contributed by atoms with Crippen molar-refractivity contribution < 1.29 is 33.7 Å². The molecule has 3 aliphatic heterocycles. The fraction of sp³-hybridized carbons (Fsp3) is 0.688. The summed E-state index contributed by atoms with van der Waals surface area (Å²) in [5.41, 5.74) is -0.876. The number of hydrogen-bond acceptors (Lipinski definition) is 6. The van der Waals surface area contributed by atoms with Crippen molar-refractivity contribution in [2.75, 3.05) is 26.9 Å². The molecule has 3 heterocycles. The van der Waals surface area contributed by atoms with Crippen LogP contribution in [0.25, 0.3) is 0 Å². The second kappa shape index (κ2) is 6.18. The molecule has 1 spiro atoms. The van der Waals surface area contributed by atoms with Gasteiger partial charge < -0.3 is 24.2 Å². The van der Waals surface area contributed by atoms with E-state index in [1.165, 1.54) is 12.0 Å². The molecule has 1 N–H and O–H groups in total. The zero-order valence-corrected chi connectivity index (χ0v) is 13.6. The second-order valence-electron chi connectivity index (χ2n) is 6.47. The lowest BCUT2D eigenvalue weighted by molar-refractivity contribution is -0.150. The Bertz CT molecular complexity index is 589. The number of hydrogen-bond donors (Lipinski definition) is 1. The molecule has 1 amide bonds. The third kappa shape index (κ3) is 2.59. The molecule has 0 aliphatic carbocycles. The summed E-state index contributed by atoms with van der Waals surface area (Å²) in [6.07, 6.45) is 3.01. The molecule has 132 valence electrons. The molecule has 2 bridgehead atoms. The van der Waals surface area contributed by atoms with Crippen LogP contribution in [0.4, 0.5) is 0 Å². The van der Waals surface area contributed by atoms with Gasteiger partial charge in [0.15, 0.2) is 0 Å². The first kappa shape index (κ1) is 16.9. The molecule has 5 unspecified atom stereocenters. The van der Waals surface area contributed by atoms with Crippen molar-refractivity contribution in [1.82, 2.24) is 4.90 Å². The Hall–Kier alpha value is -1.93. The van der Waals surface area contributed by atoms with Gasteiger partial charge in [0.2, 0.25) is 5.91 Å². The van der Waals surface area contributed by atoms with E-state index in [0.717, 1.165) is 0 Å². The molecule has 24 heavy (non-hydrogen) atoms. The first-order valence-corrected chi connectivity index (χ1v) is 7.94. The van der Waals surface area contributed by atoms with E-state index in [4.69, 9.17) is 14.2 Å². The van der Waals surface area contributed by atoms with Crippen LogP contribution in [0.15, 0.2) is 12.2 Å². The number of rotatable bonds is 7. The van der Waals surface area contributed by atoms with Crippen LogP contribution in [0.3, 0.4) is 0 Å². The maximum Gasteiger partial charge on any atom is 0.310 e. The van der Waals surface area contributed by atoms with Crippen LogP contribution in [0.2, 0.25) is 0 Å². The van der Waals surface area contributed by atoms with Crippen molar-refractivity contribution in [3.05, 3.63) is 12.2 Å². The normalized spacial score (nSPS) is 34.5. The lowest BCUT2D eigenvalue weighted by atomic mass is 9.77. The summed E-state index contributed by atoms with van der Waals surface area (Å²) in [5, 5.41) is 9.42. The van der Waals surface area contributed by atoms with Crippen LogP contribution in [-0.2, 0) is 28.6 Å². The molecule has 3 rings (SSSR count). The van der Waals surface area contributed by atoms with Gasteiger partial charge in [-0.15, -0.1) is 0 Å². The van der Waals surface area contributed by atoms with Crippen LogP contribution < -0.4 is 0 Å².